The second kappa shape index (κ2) is 6.53. The SMILES string of the molecule is CCO[C@@H]1CC[C@](CCC(C)C)(c2ccccc2)O1. The van der Waals surface area contributed by atoms with Crippen molar-refractivity contribution in [2.75, 3.05) is 6.61 Å². The van der Waals surface area contributed by atoms with E-state index < -0.39 is 0 Å². The van der Waals surface area contributed by atoms with Gasteiger partial charge in [0, 0.05) is 13.0 Å². The van der Waals surface area contributed by atoms with Crippen LogP contribution in [0.4, 0.5) is 0 Å². The Kier molecular flexibility index (Phi) is 5.00. The summed E-state index contributed by atoms with van der Waals surface area (Å²) in [5.74, 6) is 0.704. The van der Waals surface area contributed by atoms with E-state index in [0.29, 0.717) is 5.92 Å². The largest absolute Gasteiger partial charge is 0.353 e. The molecule has 0 aliphatic carbocycles. The normalized spacial score (nSPS) is 27.1. The van der Waals surface area contributed by atoms with Gasteiger partial charge in [-0.1, -0.05) is 44.2 Å². The maximum atomic E-state index is 6.30. The fourth-order valence-electron chi connectivity index (χ4n) is 2.83. The zero-order valence-electron chi connectivity index (χ0n) is 12.4. The highest BCUT2D eigenvalue weighted by Crippen LogP contribution is 2.43. The molecule has 0 N–H and O–H groups in total. The zero-order chi connectivity index (χ0) is 13.7. The van der Waals surface area contributed by atoms with Gasteiger partial charge in [-0.3, -0.25) is 0 Å². The molecule has 2 rings (SSSR count). The summed E-state index contributed by atoms with van der Waals surface area (Å²) < 4.78 is 12.0. The lowest BCUT2D eigenvalue weighted by Crippen LogP contribution is -2.28. The van der Waals surface area contributed by atoms with Crippen molar-refractivity contribution in [3.63, 3.8) is 0 Å². The van der Waals surface area contributed by atoms with Crippen molar-refractivity contribution in [3.8, 4) is 0 Å². The van der Waals surface area contributed by atoms with Crippen LogP contribution in [-0.4, -0.2) is 12.9 Å². The minimum absolute atomic E-state index is 0.0302. The van der Waals surface area contributed by atoms with Crippen LogP contribution in [0.25, 0.3) is 0 Å². The molecule has 0 unspecified atom stereocenters. The maximum Gasteiger partial charge on any atom is 0.158 e. The monoisotopic (exact) mass is 262 g/mol. The lowest BCUT2D eigenvalue weighted by atomic mass is 9.84. The molecule has 0 aromatic heterocycles. The smallest absolute Gasteiger partial charge is 0.158 e. The summed E-state index contributed by atoms with van der Waals surface area (Å²) in [4.78, 5) is 0. The molecule has 2 heteroatoms. The van der Waals surface area contributed by atoms with Gasteiger partial charge in [-0.2, -0.15) is 0 Å². The van der Waals surface area contributed by atoms with Gasteiger partial charge in [-0.25, -0.2) is 0 Å². The van der Waals surface area contributed by atoms with Crippen molar-refractivity contribution in [1.29, 1.82) is 0 Å². The summed E-state index contributed by atoms with van der Waals surface area (Å²) in [5.41, 5.74) is 1.17. The van der Waals surface area contributed by atoms with Crippen molar-refractivity contribution in [2.24, 2.45) is 5.92 Å². The fourth-order valence-corrected chi connectivity index (χ4v) is 2.83. The highest BCUT2D eigenvalue weighted by atomic mass is 16.7. The first-order valence-corrected chi connectivity index (χ1v) is 7.51. The number of hydrogen-bond acceptors (Lipinski definition) is 2. The Morgan fingerprint density at radius 2 is 2.05 bits per heavy atom. The number of rotatable bonds is 6. The standard InChI is InChI=1S/C17H26O2/c1-4-18-16-11-13-17(19-16,12-10-14(2)3)15-8-6-5-7-9-15/h5-9,14,16H,4,10-13H2,1-3H3/t16-,17+/m0/s1. The van der Waals surface area contributed by atoms with E-state index in [1.54, 1.807) is 0 Å². The van der Waals surface area contributed by atoms with Gasteiger partial charge < -0.3 is 9.47 Å². The molecule has 1 aromatic rings. The molecule has 0 radical (unpaired) electrons. The van der Waals surface area contributed by atoms with Crippen LogP contribution in [-0.2, 0) is 15.1 Å². The third-order valence-corrected chi connectivity index (χ3v) is 3.92. The Bertz CT molecular complexity index is 374. The number of benzene rings is 1. The summed E-state index contributed by atoms with van der Waals surface area (Å²) in [6, 6.07) is 10.6. The zero-order valence-corrected chi connectivity index (χ0v) is 12.4. The molecule has 19 heavy (non-hydrogen) atoms. The average Bonchev–Trinajstić information content (AvgIpc) is 2.83. The van der Waals surface area contributed by atoms with Crippen molar-refractivity contribution >= 4 is 0 Å². The summed E-state index contributed by atoms with van der Waals surface area (Å²) in [5, 5.41) is 0. The lowest BCUT2D eigenvalue weighted by Gasteiger charge is -2.30. The maximum absolute atomic E-state index is 6.30. The van der Waals surface area contributed by atoms with Gasteiger partial charge in [-0.15, -0.1) is 0 Å². The second-order valence-corrected chi connectivity index (χ2v) is 5.83. The number of ether oxygens (including phenoxy) is 2. The highest BCUT2D eigenvalue weighted by molar-refractivity contribution is 5.23. The Morgan fingerprint density at radius 1 is 1.32 bits per heavy atom. The lowest BCUT2D eigenvalue weighted by molar-refractivity contribution is -0.173. The van der Waals surface area contributed by atoms with Crippen LogP contribution in [0, 0.1) is 5.92 Å². The first kappa shape index (κ1) is 14.5. The van der Waals surface area contributed by atoms with E-state index in [2.05, 4.69) is 44.2 Å². The highest BCUT2D eigenvalue weighted by Gasteiger charge is 2.41. The Labute approximate surface area is 117 Å². The molecule has 2 nitrogen and oxygen atoms in total. The molecule has 1 aliphatic rings. The molecular weight excluding hydrogens is 236 g/mol. The summed E-state index contributed by atoms with van der Waals surface area (Å²) in [6.45, 7) is 7.29. The molecule has 0 amide bonds. The molecule has 2 atom stereocenters. The molecule has 1 heterocycles. The van der Waals surface area contributed by atoms with Crippen LogP contribution >= 0.6 is 0 Å². The third kappa shape index (κ3) is 3.58. The molecule has 1 saturated heterocycles. The van der Waals surface area contributed by atoms with E-state index >= 15 is 0 Å². The third-order valence-electron chi connectivity index (χ3n) is 3.92. The van der Waals surface area contributed by atoms with Gasteiger partial charge in [0.05, 0.1) is 5.60 Å². The summed E-state index contributed by atoms with van der Waals surface area (Å²) in [7, 11) is 0. The van der Waals surface area contributed by atoms with Crippen LogP contribution < -0.4 is 0 Å². The Hall–Kier alpha value is -0.860. The molecular formula is C17H26O2. The predicted molar refractivity (Wildman–Crippen MR) is 77.9 cm³/mol. The van der Waals surface area contributed by atoms with Gasteiger partial charge >= 0.3 is 0 Å². The molecule has 1 aliphatic heterocycles. The molecule has 0 spiro atoms. The molecule has 106 valence electrons. The Balaban J connectivity index is 2.15. The van der Waals surface area contributed by atoms with E-state index in [1.165, 1.54) is 12.0 Å². The van der Waals surface area contributed by atoms with Gasteiger partial charge in [-0.05, 0) is 37.7 Å². The molecule has 1 fully saturated rings. The van der Waals surface area contributed by atoms with Crippen LogP contribution in [0.2, 0.25) is 0 Å². The Morgan fingerprint density at radius 3 is 2.68 bits per heavy atom. The van der Waals surface area contributed by atoms with E-state index in [0.717, 1.165) is 25.9 Å². The summed E-state index contributed by atoms with van der Waals surface area (Å²) >= 11 is 0. The fraction of sp³-hybridized carbons (Fsp3) is 0.647. The second-order valence-electron chi connectivity index (χ2n) is 5.83. The molecule has 1 aromatic carbocycles. The average molecular weight is 262 g/mol. The van der Waals surface area contributed by atoms with Crippen molar-refractivity contribution in [1.82, 2.24) is 0 Å². The van der Waals surface area contributed by atoms with Crippen LogP contribution in [0.1, 0.15) is 52.0 Å². The van der Waals surface area contributed by atoms with E-state index in [9.17, 15) is 0 Å². The van der Waals surface area contributed by atoms with Crippen LogP contribution in [0.3, 0.4) is 0 Å². The van der Waals surface area contributed by atoms with Gasteiger partial charge in [0.2, 0.25) is 0 Å². The quantitative estimate of drug-likeness (QED) is 0.752. The van der Waals surface area contributed by atoms with Crippen molar-refractivity contribution in [3.05, 3.63) is 35.9 Å². The van der Waals surface area contributed by atoms with Gasteiger partial charge in [0.15, 0.2) is 6.29 Å². The van der Waals surface area contributed by atoms with Crippen molar-refractivity contribution < 1.29 is 9.47 Å². The minimum Gasteiger partial charge on any atom is -0.353 e. The van der Waals surface area contributed by atoms with Crippen LogP contribution in [0.15, 0.2) is 30.3 Å². The van der Waals surface area contributed by atoms with Gasteiger partial charge in [0.25, 0.3) is 0 Å². The first-order valence-electron chi connectivity index (χ1n) is 7.51. The van der Waals surface area contributed by atoms with E-state index in [1.807, 2.05) is 6.92 Å². The molecule has 0 bridgehead atoms. The first-order chi connectivity index (χ1) is 9.16. The number of hydrogen-bond donors (Lipinski definition) is 0. The summed E-state index contributed by atoms with van der Waals surface area (Å²) in [6.07, 6.45) is 4.30. The van der Waals surface area contributed by atoms with Crippen molar-refractivity contribution in [2.45, 2.75) is 58.3 Å². The molecule has 0 saturated carbocycles. The predicted octanol–water partition coefficient (Wildman–Crippen LogP) is 4.49. The minimum atomic E-state index is -0.134. The van der Waals surface area contributed by atoms with E-state index in [4.69, 9.17) is 9.47 Å². The van der Waals surface area contributed by atoms with E-state index in [-0.39, 0.29) is 11.9 Å². The van der Waals surface area contributed by atoms with Crippen LogP contribution in [0.5, 0.6) is 0 Å². The van der Waals surface area contributed by atoms with Gasteiger partial charge in [0.1, 0.15) is 0 Å². The topological polar surface area (TPSA) is 18.5 Å².